The molecule has 33 heavy (non-hydrogen) atoms. The van der Waals surface area contributed by atoms with Gasteiger partial charge in [-0.05, 0) is 5.16 Å². The fraction of sp³-hybridized carbons (Fsp3) is 0.474. The summed E-state index contributed by atoms with van der Waals surface area (Å²) in [5, 5.41) is 18.5. The van der Waals surface area contributed by atoms with Gasteiger partial charge >= 0.3 is 11.9 Å². The smallest absolute Gasteiger partial charge is 0.414 e. The Balaban J connectivity index is 0.000000454. The minimum atomic E-state index is -1.82. The molecule has 4 rings (SSSR count). The van der Waals surface area contributed by atoms with Crippen LogP contribution in [0.3, 0.4) is 0 Å². The van der Waals surface area contributed by atoms with Crippen LogP contribution in [0.5, 0.6) is 5.88 Å². The molecule has 2 aliphatic rings. The van der Waals surface area contributed by atoms with E-state index in [-0.39, 0.29) is 17.5 Å². The fourth-order valence-electron chi connectivity index (χ4n) is 3.37. The number of anilines is 1. The van der Waals surface area contributed by atoms with E-state index in [2.05, 4.69) is 20.0 Å². The Labute approximate surface area is 187 Å². The maximum Gasteiger partial charge on any atom is 0.414 e. The van der Waals surface area contributed by atoms with Crippen LogP contribution < -0.4 is 9.64 Å². The van der Waals surface area contributed by atoms with Gasteiger partial charge in [-0.2, -0.15) is 0 Å². The highest BCUT2D eigenvalue weighted by Crippen LogP contribution is 2.26. The van der Waals surface area contributed by atoms with E-state index in [0.717, 1.165) is 5.82 Å². The molecule has 1 unspecified atom stereocenters. The summed E-state index contributed by atoms with van der Waals surface area (Å²) in [5.74, 6) is -2.72. The first kappa shape index (κ1) is 23.9. The van der Waals surface area contributed by atoms with Gasteiger partial charge in [-0.15, -0.1) is 0 Å². The van der Waals surface area contributed by atoms with Crippen LogP contribution in [0, 0.1) is 0 Å². The monoisotopic (exact) mass is 465 g/mol. The van der Waals surface area contributed by atoms with Crippen molar-refractivity contribution in [2.75, 3.05) is 58.0 Å². The molecule has 0 aliphatic carbocycles. The first-order valence-corrected chi connectivity index (χ1v) is 9.82. The highest BCUT2D eigenvalue weighted by Gasteiger charge is 2.42. The van der Waals surface area contributed by atoms with E-state index in [1.54, 1.807) is 23.5 Å². The van der Waals surface area contributed by atoms with E-state index in [1.807, 2.05) is 0 Å². The molecule has 1 amide bonds. The Morgan fingerprint density at radius 2 is 1.91 bits per heavy atom. The molecule has 2 aromatic rings. The lowest BCUT2D eigenvalue weighted by atomic mass is 10.0. The number of carboxylic acids is 2. The average Bonchev–Trinajstić information content (AvgIpc) is 3.22. The predicted molar refractivity (Wildman–Crippen MR) is 108 cm³/mol. The number of methoxy groups -OCH3 is 1. The average molecular weight is 465 g/mol. The van der Waals surface area contributed by atoms with Crippen LogP contribution in [-0.4, -0.2) is 107 Å². The van der Waals surface area contributed by atoms with E-state index < -0.39 is 17.5 Å². The Morgan fingerprint density at radius 1 is 1.12 bits per heavy atom. The lowest BCUT2D eigenvalue weighted by molar-refractivity contribution is -0.159. The minimum Gasteiger partial charge on any atom is -0.479 e. The number of ether oxygens (including phenoxy) is 3. The van der Waals surface area contributed by atoms with Crippen molar-refractivity contribution in [3.8, 4) is 5.88 Å². The van der Waals surface area contributed by atoms with Crippen molar-refractivity contribution in [2.24, 2.45) is 0 Å². The van der Waals surface area contributed by atoms with Crippen LogP contribution in [0.1, 0.15) is 10.6 Å². The van der Waals surface area contributed by atoms with Crippen LogP contribution in [0.15, 0.2) is 29.2 Å². The highest BCUT2D eigenvalue weighted by atomic mass is 16.6. The molecule has 2 aromatic heterocycles. The van der Waals surface area contributed by atoms with E-state index in [9.17, 15) is 4.79 Å². The SMILES string of the molecule is COc1cc(C(=O)N2CCOC3(COCCN(c4cnccn4)C3)C2)on1.O=C(O)C(=O)O. The number of hydrogen-bond donors (Lipinski definition) is 2. The molecule has 1 spiro atoms. The summed E-state index contributed by atoms with van der Waals surface area (Å²) >= 11 is 0. The van der Waals surface area contributed by atoms with E-state index in [4.69, 9.17) is 38.5 Å². The second-order valence-corrected chi connectivity index (χ2v) is 7.14. The summed E-state index contributed by atoms with van der Waals surface area (Å²) in [7, 11) is 1.47. The number of carbonyl (C=O) groups is 3. The zero-order valence-corrected chi connectivity index (χ0v) is 17.7. The van der Waals surface area contributed by atoms with Gasteiger partial charge < -0.3 is 38.7 Å². The molecule has 1 atom stereocenters. The Morgan fingerprint density at radius 3 is 2.55 bits per heavy atom. The summed E-state index contributed by atoms with van der Waals surface area (Å²) in [6.45, 7) is 3.43. The molecular formula is C19H23N5O9. The summed E-state index contributed by atoms with van der Waals surface area (Å²) in [5.41, 5.74) is -0.647. The molecule has 0 saturated carbocycles. The molecule has 14 heteroatoms. The Hall–Kier alpha value is -3.78. The van der Waals surface area contributed by atoms with E-state index in [0.29, 0.717) is 46.0 Å². The van der Waals surface area contributed by atoms with Gasteiger partial charge in [0.2, 0.25) is 5.76 Å². The molecule has 2 aliphatic heterocycles. The van der Waals surface area contributed by atoms with Gasteiger partial charge in [0.05, 0.1) is 52.3 Å². The van der Waals surface area contributed by atoms with Crippen LogP contribution in [0.2, 0.25) is 0 Å². The third-order valence-corrected chi connectivity index (χ3v) is 4.85. The van der Waals surface area contributed by atoms with Crippen molar-refractivity contribution in [3.05, 3.63) is 30.4 Å². The molecular weight excluding hydrogens is 442 g/mol. The van der Waals surface area contributed by atoms with E-state index in [1.165, 1.54) is 13.2 Å². The minimum absolute atomic E-state index is 0.143. The molecule has 2 saturated heterocycles. The van der Waals surface area contributed by atoms with E-state index >= 15 is 0 Å². The summed E-state index contributed by atoms with van der Waals surface area (Å²) in [6, 6.07) is 1.49. The number of morpholine rings is 1. The number of aliphatic carboxylic acids is 2. The molecule has 0 radical (unpaired) electrons. The molecule has 4 heterocycles. The molecule has 0 bridgehead atoms. The predicted octanol–water partition coefficient (Wildman–Crippen LogP) is -0.623. The topological polar surface area (TPSA) is 178 Å². The van der Waals surface area contributed by atoms with Crippen molar-refractivity contribution >= 4 is 23.7 Å². The van der Waals surface area contributed by atoms with Gasteiger partial charge in [-0.25, -0.2) is 14.6 Å². The normalized spacial score (nSPS) is 20.4. The fourth-order valence-corrected chi connectivity index (χ4v) is 3.37. The number of rotatable bonds is 3. The van der Waals surface area contributed by atoms with Crippen molar-refractivity contribution in [3.63, 3.8) is 0 Å². The standard InChI is InChI=1S/C17H21N5O5.C2H2O4/c1-24-15-8-13(27-20-15)16(23)22-5-7-26-17(11-22)10-21(4-6-25-12-17)14-9-18-2-3-19-14;3-1(4)2(5)6/h2-3,8-9H,4-7,10-12H2,1H3;(H,3,4)(H,5,6). The van der Waals surface area contributed by atoms with Gasteiger partial charge in [-0.1, -0.05) is 0 Å². The third kappa shape index (κ3) is 6.14. The van der Waals surface area contributed by atoms with Gasteiger partial charge in [0.1, 0.15) is 11.4 Å². The lowest BCUT2D eigenvalue weighted by Gasteiger charge is -2.43. The van der Waals surface area contributed by atoms with Crippen molar-refractivity contribution in [1.29, 1.82) is 0 Å². The Kier molecular flexibility index (Phi) is 7.74. The second kappa shape index (κ2) is 10.7. The molecule has 2 fully saturated rings. The number of aromatic nitrogens is 3. The first-order valence-electron chi connectivity index (χ1n) is 9.82. The molecule has 0 aromatic carbocycles. The largest absolute Gasteiger partial charge is 0.479 e. The second-order valence-electron chi connectivity index (χ2n) is 7.14. The van der Waals surface area contributed by atoms with Gasteiger partial charge in [0, 0.05) is 25.5 Å². The molecule has 2 N–H and O–H groups in total. The third-order valence-electron chi connectivity index (χ3n) is 4.85. The zero-order valence-electron chi connectivity index (χ0n) is 17.7. The van der Waals surface area contributed by atoms with Crippen molar-refractivity contribution in [2.45, 2.75) is 5.60 Å². The van der Waals surface area contributed by atoms with Crippen LogP contribution >= 0.6 is 0 Å². The summed E-state index contributed by atoms with van der Waals surface area (Å²) in [4.78, 5) is 43.3. The van der Waals surface area contributed by atoms with Crippen LogP contribution in [-0.2, 0) is 19.1 Å². The zero-order chi connectivity index (χ0) is 23.8. The van der Waals surface area contributed by atoms with Crippen molar-refractivity contribution < 1.29 is 43.3 Å². The number of carbonyl (C=O) groups excluding carboxylic acids is 1. The van der Waals surface area contributed by atoms with Gasteiger partial charge in [-0.3, -0.25) is 9.78 Å². The van der Waals surface area contributed by atoms with Crippen molar-refractivity contribution in [1.82, 2.24) is 20.0 Å². The maximum absolute atomic E-state index is 12.8. The van der Waals surface area contributed by atoms with Crippen LogP contribution in [0.4, 0.5) is 5.82 Å². The first-order chi connectivity index (χ1) is 15.8. The number of amides is 1. The molecule has 14 nitrogen and oxygen atoms in total. The quantitative estimate of drug-likeness (QED) is 0.548. The maximum atomic E-state index is 12.8. The number of carboxylic acid groups (broad SMARTS) is 2. The van der Waals surface area contributed by atoms with Gasteiger partial charge in [0.15, 0.2) is 0 Å². The van der Waals surface area contributed by atoms with Gasteiger partial charge in [0.25, 0.3) is 11.8 Å². The summed E-state index contributed by atoms with van der Waals surface area (Å²) in [6.07, 6.45) is 5.00. The highest BCUT2D eigenvalue weighted by molar-refractivity contribution is 6.27. The number of hydrogen-bond acceptors (Lipinski definition) is 11. The lowest BCUT2D eigenvalue weighted by Crippen LogP contribution is -2.60. The summed E-state index contributed by atoms with van der Waals surface area (Å²) < 4.78 is 22.0. The number of nitrogens with zero attached hydrogens (tertiary/aromatic N) is 5. The Bertz CT molecular complexity index is 958. The van der Waals surface area contributed by atoms with Crippen LogP contribution in [0.25, 0.3) is 0 Å². The molecule has 178 valence electrons.